The molecule has 1 heterocycles. The fourth-order valence-corrected chi connectivity index (χ4v) is 6.65. The Morgan fingerprint density at radius 3 is 3.00 bits per heavy atom. The van der Waals surface area contributed by atoms with Crippen LogP contribution in [0.4, 0.5) is 0 Å². The van der Waals surface area contributed by atoms with Gasteiger partial charge in [0.05, 0.1) is 0 Å². The van der Waals surface area contributed by atoms with Crippen molar-refractivity contribution >= 4 is 41.7 Å². The zero-order valence-electron chi connectivity index (χ0n) is 7.17. The molecule has 0 bridgehead atoms. The summed E-state index contributed by atoms with van der Waals surface area (Å²) in [6.45, 7) is 2.23. The van der Waals surface area contributed by atoms with E-state index in [1.807, 2.05) is 6.07 Å². The van der Waals surface area contributed by atoms with Crippen LogP contribution in [-0.4, -0.2) is 27.4 Å². The molecule has 0 aliphatic heterocycles. The van der Waals surface area contributed by atoms with Gasteiger partial charge in [-0.15, -0.1) is 0 Å². The van der Waals surface area contributed by atoms with Crippen molar-refractivity contribution in [3.8, 4) is 0 Å². The van der Waals surface area contributed by atoms with Crippen molar-refractivity contribution in [3.05, 3.63) is 17.0 Å². The topological polar surface area (TPSA) is 17.1 Å². The summed E-state index contributed by atoms with van der Waals surface area (Å²) in [6.07, 6.45) is 3.61. The molecule has 0 aromatic carbocycles. The number of hydrogen-bond donors (Lipinski definition) is 0. The molecule has 0 aliphatic rings. The average molecular weight is 287 g/mol. The van der Waals surface area contributed by atoms with Gasteiger partial charge in [0.1, 0.15) is 0 Å². The third-order valence-corrected chi connectivity index (χ3v) is 7.43. The molecule has 0 aliphatic carbocycles. The SMILES string of the molecule is CCC[CH2][Sn][c]1ccc(C=O)s1. The summed E-state index contributed by atoms with van der Waals surface area (Å²) in [5.41, 5.74) is 0. The zero-order valence-corrected chi connectivity index (χ0v) is 10.8. The first kappa shape index (κ1) is 10.3. The summed E-state index contributed by atoms with van der Waals surface area (Å²) in [5.74, 6) is 0. The maximum atomic E-state index is 10.4. The number of aldehydes is 1. The van der Waals surface area contributed by atoms with E-state index in [9.17, 15) is 4.79 Å². The Kier molecular flexibility index (Phi) is 4.91. The molecule has 0 spiro atoms. The average Bonchev–Trinajstić information content (AvgIpc) is 2.53. The Bertz CT molecular complexity index is 244. The van der Waals surface area contributed by atoms with Crippen LogP contribution < -0.4 is 2.89 Å². The van der Waals surface area contributed by atoms with Gasteiger partial charge >= 0.3 is 87.7 Å². The molecule has 12 heavy (non-hydrogen) atoms. The molecule has 64 valence electrons. The van der Waals surface area contributed by atoms with Gasteiger partial charge in [-0.2, -0.15) is 0 Å². The van der Waals surface area contributed by atoms with E-state index in [4.69, 9.17) is 0 Å². The van der Waals surface area contributed by atoms with Crippen molar-refractivity contribution in [1.82, 2.24) is 0 Å². The van der Waals surface area contributed by atoms with Gasteiger partial charge in [-0.25, -0.2) is 0 Å². The first-order chi connectivity index (χ1) is 5.86. The fraction of sp³-hybridized carbons (Fsp3) is 0.444. The first-order valence-corrected chi connectivity index (χ1v) is 8.42. The molecule has 1 aromatic heterocycles. The van der Waals surface area contributed by atoms with E-state index >= 15 is 0 Å². The summed E-state index contributed by atoms with van der Waals surface area (Å²) in [7, 11) is 0. The van der Waals surface area contributed by atoms with E-state index in [1.165, 1.54) is 20.2 Å². The number of carbonyl (C=O) groups is 1. The Hall–Kier alpha value is 0.169. The van der Waals surface area contributed by atoms with Gasteiger partial charge in [-0.1, -0.05) is 0 Å². The number of carbonyl (C=O) groups excluding carboxylic acids is 1. The predicted molar refractivity (Wildman–Crippen MR) is 54.8 cm³/mol. The van der Waals surface area contributed by atoms with Gasteiger partial charge in [-0.05, 0) is 0 Å². The van der Waals surface area contributed by atoms with Crippen LogP contribution in [-0.2, 0) is 0 Å². The molecule has 0 unspecified atom stereocenters. The van der Waals surface area contributed by atoms with Crippen molar-refractivity contribution in [3.63, 3.8) is 0 Å². The van der Waals surface area contributed by atoms with Gasteiger partial charge in [-0.3, -0.25) is 0 Å². The van der Waals surface area contributed by atoms with E-state index < -0.39 is 0 Å². The second-order valence-corrected chi connectivity index (χ2v) is 8.72. The third-order valence-electron chi connectivity index (χ3n) is 1.57. The second kappa shape index (κ2) is 5.75. The number of unbranched alkanes of at least 4 members (excludes halogenated alkanes) is 1. The zero-order chi connectivity index (χ0) is 8.81. The van der Waals surface area contributed by atoms with Gasteiger partial charge in [0.25, 0.3) is 0 Å². The second-order valence-electron chi connectivity index (χ2n) is 2.60. The van der Waals surface area contributed by atoms with E-state index in [0.717, 1.165) is 11.2 Å². The van der Waals surface area contributed by atoms with Crippen LogP contribution in [0, 0.1) is 0 Å². The molecule has 1 aromatic rings. The van der Waals surface area contributed by atoms with Crippen LogP contribution in [0.2, 0.25) is 4.44 Å². The molecular formula is C9H12OSSn. The summed E-state index contributed by atoms with van der Waals surface area (Å²) in [4.78, 5) is 11.3. The predicted octanol–water partition coefficient (Wildman–Crippen LogP) is 2.11. The summed E-state index contributed by atoms with van der Waals surface area (Å²) < 4.78 is 2.92. The molecule has 1 nitrogen and oxygen atoms in total. The maximum absolute atomic E-state index is 10.4. The van der Waals surface area contributed by atoms with Crippen LogP contribution in [0.1, 0.15) is 29.4 Å². The molecule has 0 N–H and O–H groups in total. The van der Waals surface area contributed by atoms with Gasteiger partial charge in [0, 0.05) is 0 Å². The van der Waals surface area contributed by atoms with Crippen molar-refractivity contribution in [2.24, 2.45) is 0 Å². The molecule has 0 fully saturated rings. The number of hydrogen-bond acceptors (Lipinski definition) is 2. The van der Waals surface area contributed by atoms with Gasteiger partial charge in [0.2, 0.25) is 0 Å². The van der Waals surface area contributed by atoms with E-state index in [0.29, 0.717) is 0 Å². The first-order valence-electron chi connectivity index (χ1n) is 4.15. The van der Waals surface area contributed by atoms with E-state index in [1.54, 1.807) is 11.3 Å². The molecule has 2 radical (unpaired) electrons. The van der Waals surface area contributed by atoms with E-state index in [-0.39, 0.29) is 21.1 Å². The van der Waals surface area contributed by atoms with Crippen molar-refractivity contribution in [2.75, 3.05) is 0 Å². The molecular weight excluding hydrogens is 275 g/mol. The molecule has 0 atom stereocenters. The van der Waals surface area contributed by atoms with E-state index in [2.05, 4.69) is 13.0 Å². The van der Waals surface area contributed by atoms with Crippen molar-refractivity contribution in [2.45, 2.75) is 24.2 Å². The number of thiophene rings is 1. The summed E-state index contributed by atoms with van der Waals surface area (Å²) in [6, 6.07) is 4.08. The van der Waals surface area contributed by atoms with Crippen molar-refractivity contribution < 1.29 is 4.79 Å². The summed E-state index contributed by atoms with van der Waals surface area (Å²) >= 11 is 1.37. The Labute approximate surface area is 87.4 Å². The van der Waals surface area contributed by atoms with Gasteiger partial charge < -0.3 is 0 Å². The van der Waals surface area contributed by atoms with Crippen LogP contribution in [0.5, 0.6) is 0 Å². The minimum absolute atomic E-state index is 0.316. The monoisotopic (exact) mass is 288 g/mol. The van der Waals surface area contributed by atoms with Crippen LogP contribution in [0.3, 0.4) is 0 Å². The Morgan fingerprint density at radius 2 is 2.42 bits per heavy atom. The van der Waals surface area contributed by atoms with Crippen LogP contribution in [0.25, 0.3) is 0 Å². The Morgan fingerprint density at radius 1 is 1.58 bits per heavy atom. The third kappa shape index (κ3) is 3.27. The number of rotatable bonds is 5. The summed E-state index contributed by atoms with van der Waals surface area (Å²) in [5, 5.41) is 0. The fourth-order valence-electron chi connectivity index (χ4n) is 0.900. The molecule has 0 amide bonds. The normalized spacial score (nSPS) is 10.1. The quantitative estimate of drug-likeness (QED) is 0.460. The molecule has 0 saturated carbocycles. The van der Waals surface area contributed by atoms with Crippen LogP contribution >= 0.6 is 11.3 Å². The molecule has 1 rings (SSSR count). The molecule has 3 heteroatoms. The minimum atomic E-state index is -0.316. The Balaban J connectivity index is 2.36. The van der Waals surface area contributed by atoms with Crippen LogP contribution in [0.15, 0.2) is 12.1 Å². The standard InChI is InChI=1S/C5H3OS.C4H9.Sn/c6-4-5-2-1-3-7-5;1-3-4-2;/h1-2,4H;1,3-4H2,2H3;. The van der Waals surface area contributed by atoms with Gasteiger partial charge in [0.15, 0.2) is 0 Å². The molecule has 0 saturated heterocycles. The van der Waals surface area contributed by atoms with Crippen molar-refractivity contribution in [1.29, 1.82) is 0 Å².